The molecule has 236 valence electrons. The molecule has 0 unspecified atom stereocenters. The van der Waals surface area contributed by atoms with Crippen LogP contribution >= 0.6 is 11.6 Å². The molecule has 0 amide bonds. The first-order chi connectivity index (χ1) is 21.8. The summed E-state index contributed by atoms with van der Waals surface area (Å²) in [5.41, 5.74) is 10.4. The van der Waals surface area contributed by atoms with E-state index >= 15 is 4.39 Å². The molecule has 10 nitrogen and oxygen atoms in total. The Labute approximate surface area is 266 Å². The van der Waals surface area contributed by atoms with Crippen molar-refractivity contribution in [2.24, 2.45) is 5.73 Å². The van der Waals surface area contributed by atoms with Gasteiger partial charge in [-0.15, -0.1) is 5.10 Å². The zero-order valence-electron chi connectivity index (χ0n) is 25.3. The van der Waals surface area contributed by atoms with Crippen molar-refractivity contribution in [2.75, 3.05) is 6.54 Å². The third kappa shape index (κ3) is 7.50. The van der Waals surface area contributed by atoms with Gasteiger partial charge < -0.3 is 21.4 Å². The number of aromatic amines is 2. The van der Waals surface area contributed by atoms with Crippen LogP contribution in [0.4, 0.5) is 4.39 Å². The summed E-state index contributed by atoms with van der Waals surface area (Å²) in [7, 11) is 0. The Morgan fingerprint density at radius 1 is 1.18 bits per heavy atom. The van der Waals surface area contributed by atoms with Crippen LogP contribution in [0.1, 0.15) is 68.3 Å². The van der Waals surface area contributed by atoms with Gasteiger partial charge in [-0.3, -0.25) is 9.67 Å². The molecular formula is C33H39ClFN9O. The van der Waals surface area contributed by atoms with Gasteiger partial charge >= 0.3 is 5.69 Å². The van der Waals surface area contributed by atoms with Crippen LogP contribution in [0, 0.1) is 5.82 Å². The Morgan fingerprint density at radius 3 is 2.78 bits per heavy atom. The van der Waals surface area contributed by atoms with Crippen molar-refractivity contribution in [1.82, 2.24) is 40.6 Å². The van der Waals surface area contributed by atoms with Gasteiger partial charge in [0, 0.05) is 54.6 Å². The van der Waals surface area contributed by atoms with E-state index in [1.54, 1.807) is 30.6 Å². The van der Waals surface area contributed by atoms with E-state index in [9.17, 15) is 4.79 Å². The summed E-state index contributed by atoms with van der Waals surface area (Å²) in [6.07, 6.45) is 10.5. The minimum absolute atomic E-state index is 0.0619. The number of aromatic nitrogens is 6. The molecule has 5 aromatic rings. The molecule has 1 saturated heterocycles. The van der Waals surface area contributed by atoms with Gasteiger partial charge in [-0.2, -0.15) is 4.98 Å². The zero-order valence-corrected chi connectivity index (χ0v) is 26.1. The number of nitrogens with zero attached hydrogens (tertiary/aromatic N) is 4. The second-order valence-corrected chi connectivity index (χ2v) is 12.5. The fraction of sp³-hybridized carbons (Fsp3) is 0.394. The van der Waals surface area contributed by atoms with Gasteiger partial charge in [0.05, 0.1) is 22.1 Å². The first kappa shape index (κ1) is 31.1. The van der Waals surface area contributed by atoms with Gasteiger partial charge in [-0.1, -0.05) is 41.8 Å². The highest BCUT2D eigenvalue weighted by Gasteiger charge is 2.21. The maximum atomic E-state index is 15.2. The number of hydrogen-bond acceptors (Lipinski definition) is 7. The number of benzene rings is 2. The van der Waals surface area contributed by atoms with E-state index in [2.05, 4.69) is 48.1 Å². The van der Waals surface area contributed by atoms with Gasteiger partial charge in [0.1, 0.15) is 5.65 Å². The maximum absolute atomic E-state index is 15.2. The van der Waals surface area contributed by atoms with E-state index in [4.69, 9.17) is 17.3 Å². The fourth-order valence-electron chi connectivity index (χ4n) is 6.11. The number of halogens is 2. The summed E-state index contributed by atoms with van der Waals surface area (Å²) < 4.78 is 16.7. The molecule has 0 saturated carbocycles. The van der Waals surface area contributed by atoms with Crippen LogP contribution < -0.4 is 22.1 Å². The number of aryl methyl sites for hydroxylation is 1. The smallest absolute Gasteiger partial charge is 0.339 e. The van der Waals surface area contributed by atoms with Crippen molar-refractivity contribution in [3.05, 3.63) is 93.0 Å². The second-order valence-electron chi connectivity index (χ2n) is 12.1. The first-order valence-corrected chi connectivity index (χ1v) is 16.0. The largest absolute Gasteiger partial charge is 0.354 e. The summed E-state index contributed by atoms with van der Waals surface area (Å²) >= 11 is 6.27. The van der Waals surface area contributed by atoms with Crippen LogP contribution in [0.3, 0.4) is 0 Å². The average molecular weight is 632 g/mol. The topological polar surface area (TPSA) is 142 Å². The van der Waals surface area contributed by atoms with E-state index < -0.39 is 11.5 Å². The van der Waals surface area contributed by atoms with Crippen LogP contribution in [0.15, 0.2) is 59.7 Å². The summed E-state index contributed by atoms with van der Waals surface area (Å²) in [5.74, 6) is -0.509. The Morgan fingerprint density at radius 2 is 2.00 bits per heavy atom. The molecule has 45 heavy (non-hydrogen) atoms. The maximum Gasteiger partial charge on any atom is 0.354 e. The van der Waals surface area contributed by atoms with Gasteiger partial charge in [-0.25, -0.2) is 9.18 Å². The Hall–Kier alpha value is -3.90. The molecule has 1 aliphatic rings. The molecule has 4 heterocycles. The Kier molecular flexibility index (Phi) is 9.70. The zero-order chi connectivity index (χ0) is 31.3. The molecule has 1 fully saturated rings. The number of rotatable bonds is 11. The normalized spacial score (nSPS) is 17.9. The SMILES string of the molecule is C[C@H](N)CCCc1cc(Cl)c(F)c(-c2cc3cn(-c4ccc([C@@H]5CCCC[C@@H](CNCc6c[nH]nn6)N5)cc4)c(=O)nc3[nH]2)c1. The molecule has 6 rings (SSSR count). The molecule has 6 N–H and O–H groups in total. The molecule has 2 aromatic carbocycles. The fourth-order valence-corrected chi connectivity index (χ4v) is 6.35. The van der Waals surface area contributed by atoms with E-state index in [0.29, 0.717) is 40.6 Å². The summed E-state index contributed by atoms with van der Waals surface area (Å²) in [5, 5.41) is 18.6. The van der Waals surface area contributed by atoms with Crippen LogP contribution in [0.25, 0.3) is 28.0 Å². The predicted octanol–water partition coefficient (Wildman–Crippen LogP) is 5.32. The lowest BCUT2D eigenvalue weighted by atomic mass is 10.0. The van der Waals surface area contributed by atoms with Gasteiger partial charge in [0.25, 0.3) is 0 Å². The lowest BCUT2D eigenvalue weighted by molar-refractivity contribution is 0.415. The minimum atomic E-state index is -0.509. The third-order valence-electron chi connectivity index (χ3n) is 8.48. The molecule has 3 aromatic heterocycles. The number of nitrogens with one attached hydrogen (secondary N) is 4. The van der Waals surface area contributed by atoms with Crippen LogP contribution in [-0.4, -0.2) is 48.6 Å². The minimum Gasteiger partial charge on any atom is -0.339 e. The van der Waals surface area contributed by atoms with E-state index in [0.717, 1.165) is 56.3 Å². The number of H-pyrrole nitrogens is 2. The lowest BCUT2D eigenvalue weighted by Crippen LogP contribution is -2.39. The molecule has 1 aliphatic heterocycles. The second kappa shape index (κ2) is 14.0. The standard InChI is InChI=1S/C33H39ClFN9O/c1-20(36)5-4-6-21-13-27(31(35)28(34)14-21)30-15-23-19-44(33(45)41-32(23)40-30)26-11-9-22(10-12-26)29-8-3-2-7-24(39-29)16-37-17-25-18-38-43-42-25/h9-15,18-20,24,29,37,39H,2-8,16-17,36H2,1H3,(H,38,42,43)(H,40,41,45)/t20-,24-,29-/m0/s1. The van der Waals surface area contributed by atoms with Crippen molar-refractivity contribution >= 4 is 22.6 Å². The van der Waals surface area contributed by atoms with E-state index in [-0.39, 0.29) is 17.1 Å². The summed E-state index contributed by atoms with van der Waals surface area (Å²) in [6.45, 7) is 3.49. The third-order valence-corrected chi connectivity index (χ3v) is 8.76. The predicted molar refractivity (Wildman–Crippen MR) is 175 cm³/mol. The monoisotopic (exact) mass is 631 g/mol. The molecular weight excluding hydrogens is 593 g/mol. The molecule has 0 bridgehead atoms. The first-order valence-electron chi connectivity index (χ1n) is 15.6. The van der Waals surface area contributed by atoms with Crippen molar-refractivity contribution in [3.63, 3.8) is 0 Å². The van der Waals surface area contributed by atoms with Gasteiger partial charge in [-0.05, 0) is 80.5 Å². The molecule has 0 radical (unpaired) electrons. The highest BCUT2D eigenvalue weighted by atomic mass is 35.5. The molecule has 0 spiro atoms. The number of hydrogen-bond donors (Lipinski definition) is 5. The van der Waals surface area contributed by atoms with Crippen LogP contribution in [0.5, 0.6) is 0 Å². The molecule has 3 atom stereocenters. The highest BCUT2D eigenvalue weighted by Crippen LogP contribution is 2.32. The Bertz CT molecular complexity index is 1780. The quantitative estimate of drug-likeness (QED) is 0.133. The molecule has 12 heteroatoms. The van der Waals surface area contributed by atoms with Crippen LogP contribution in [-0.2, 0) is 13.0 Å². The van der Waals surface area contributed by atoms with Crippen molar-refractivity contribution < 1.29 is 4.39 Å². The van der Waals surface area contributed by atoms with Gasteiger partial charge in [0.2, 0.25) is 0 Å². The van der Waals surface area contributed by atoms with Crippen LogP contribution in [0.2, 0.25) is 5.02 Å². The lowest BCUT2D eigenvalue weighted by Gasteiger charge is -2.23. The van der Waals surface area contributed by atoms with E-state index in [1.807, 2.05) is 19.1 Å². The highest BCUT2D eigenvalue weighted by molar-refractivity contribution is 6.31. The van der Waals surface area contributed by atoms with Gasteiger partial charge in [0.15, 0.2) is 5.82 Å². The molecule has 0 aliphatic carbocycles. The Balaban J connectivity index is 1.18. The summed E-state index contributed by atoms with van der Waals surface area (Å²) in [4.78, 5) is 20.5. The number of nitrogens with two attached hydrogens (primary N) is 1. The van der Waals surface area contributed by atoms with E-state index in [1.165, 1.54) is 16.6 Å². The number of fused-ring (bicyclic) bond motifs is 1. The summed E-state index contributed by atoms with van der Waals surface area (Å²) in [6, 6.07) is 14.0. The van der Waals surface area contributed by atoms with Crippen molar-refractivity contribution in [3.8, 4) is 16.9 Å². The average Bonchev–Trinajstić information content (AvgIpc) is 3.63. The van der Waals surface area contributed by atoms with Crippen molar-refractivity contribution in [2.45, 2.75) is 76.5 Å². The van der Waals surface area contributed by atoms with Crippen molar-refractivity contribution in [1.29, 1.82) is 0 Å².